The summed E-state index contributed by atoms with van der Waals surface area (Å²) >= 11 is 0. The largest absolute Gasteiger partial charge is 0.343 e. The molecule has 0 fully saturated rings. The van der Waals surface area contributed by atoms with Crippen LogP contribution in [0.2, 0.25) is 0 Å². The minimum absolute atomic E-state index is 0.108. The summed E-state index contributed by atoms with van der Waals surface area (Å²) in [5.74, 6) is 0. The smallest absolute Gasteiger partial charge is 0.163 e. The van der Waals surface area contributed by atoms with Gasteiger partial charge in [0.05, 0.1) is 5.69 Å². The number of fused-ring (bicyclic) bond motifs is 1. The molecule has 2 aromatic rings. The normalized spacial score (nSPS) is 9.16. The number of aryl methyl sites for hydroxylation is 1. The summed E-state index contributed by atoms with van der Waals surface area (Å²) in [5, 5.41) is 37.6. The molecular formula is C12H7N7. The Morgan fingerprint density at radius 2 is 1.89 bits per heavy atom. The van der Waals surface area contributed by atoms with Gasteiger partial charge in [0.25, 0.3) is 0 Å². The molecule has 7 heteroatoms. The number of benzene rings is 1. The Morgan fingerprint density at radius 3 is 2.53 bits per heavy atom. The molecule has 19 heavy (non-hydrogen) atoms. The van der Waals surface area contributed by atoms with Crippen LogP contribution in [-0.2, 0) is 7.05 Å². The van der Waals surface area contributed by atoms with Crippen LogP contribution in [-0.4, -0.2) is 15.0 Å². The molecule has 0 bridgehead atoms. The molecule has 0 spiro atoms. The first kappa shape index (κ1) is 12.1. The molecule has 0 aliphatic rings. The predicted octanol–water partition coefficient (Wildman–Crippen LogP) is 1.21. The average molecular weight is 249 g/mol. The fraction of sp³-hybridized carbons (Fsp3) is 0.0833. The number of hydrogen-bond acceptors (Lipinski definition) is 6. The van der Waals surface area contributed by atoms with Crippen LogP contribution in [0.15, 0.2) is 29.5 Å². The van der Waals surface area contributed by atoms with Crippen molar-refractivity contribution in [2.24, 2.45) is 7.05 Å². The fourth-order valence-corrected chi connectivity index (χ4v) is 1.56. The standard InChI is InChI=1S/C12H7N7/c1-19-17-10-4-2-3-9(12(10)18-19)16-11(7-15)8(5-13)6-14/h2-4,16H,1H3. The monoisotopic (exact) mass is 249 g/mol. The van der Waals surface area contributed by atoms with Crippen LogP contribution in [0.4, 0.5) is 5.69 Å². The van der Waals surface area contributed by atoms with Gasteiger partial charge in [-0.2, -0.15) is 30.8 Å². The Bertz CT molecular complexity index is 776. The zero-order valence-corrected chi connectivity index (χ0v) is 9.92. The SMILES string of the molecule is Cn1nc2cccc(NC(C#N)=C(C#N)C#N)c2n1. The van der Waals surface area contributed by atoms with E-state index in [0.717, 1.165) is 0 Å². The highest BCUT2D eigenvalue weighted by Gasteiger charge is 2.10. The lowest BCUT2D eigenvalue weighted by Gasteiger charge is -2.04. The van der Waals surface area contributed by atoms with Crippen molar-refractivity contribution in [1.82, 2.24) is 15.0 Å². The topological polar surface area (TPSA) is 114 Å². The van der Waals surface area contributed by atoms with Gasteiger partial charge in [-0.05, 0) is 12.1 Å². The van der Waals surface area contributed by atoms with Gasteiger partial charge in [0.15, 0.2) is 5.57 Å². The second-order valence-electron chi connectivity index (χ2n) is 3.57. The third kappa shape index (κ3) is 2.19. The Labute approximate surface area is 108 Å². The lowest BCUT2D eigenvalue weighted by molar-refractivity contribution is 0.665. The highest BCUT2D eigenvalue weighted by Crippen LogP contribution is 2.21. The van der Waals surface area contributed by atoms with E-state index in [1.165, 1.54) is 4.80 Å². The van der Waals surface area contributed by atoms with Gasteiger partial charge in [-0.25, -0.2) is 0 Å². The predicted molar refractivity (Wildman–Crippen MR) is 66.0 cm³/mol. The second-order valence-corrected chi connectivity index (χ2v) is 3.57. The van der Waals surface area contributed by atoms with E-state index in [1.54, 1.807) is 43.5 Å². The van der Waals surface area contributed by atoms with Crippen LogP contribution < -0.4 is 5.32 Å². The van der Waals surface area contributed by atoms with Gasteiger partial charge in [0, 0.05) is 7.05 Å². The van der Waals surface area contributed by atoms with E-state index < -0.39 is 0 Å². The molecule has 0 aliphatic heterocycles. The zero-order valence-electron chi connectivity index (χ0n) is 9.92. The van der Waals surface area contributed by atoms with Crippen LogP contribution in [0.5, 0.6) is 0 Å². The molecule has 0 amide bonds. The first-order chi connectivity index (χ1) is 9.19. The van der Waals surface area contributed by atoms with Crippen molar-refractivity contribution in [2.75, 3.05) is 5.32 Å². The lowest BCUT2D eigenvalue weighted by atomic mass is 10.2. The number of anilines is 1. The van der Waals surface area contributed by atoms with Crippen LogP contribution in [0.1, 0.15) is 0 Å². The Hall–Kier alpha value is -3.37. The maximum absolute atomic E-state index is 8.98. The summed E-state index contributed by atoms with van der Waals surface area (Å²) in [6, 6.07) is 10.3. The van der Waals surface area contributed by atoms with E-state index in [-0.39, 0.29) is 11.3 Å². The first-order valence-corrected chi connectivity index (χ1v) is 5.21. The number of nitrogens with zero attached hydrogens (tertiary/aromatic N) is 6. The third-order valence-corrected chi connectivity index (χ3v) is 2.36. The summed E-state index contributed by atoms with van der Waals surface area (Å²) in [6.07, 6.45) is 0. The van der Waals surface area contributed by atoms with E-state index in [4.69, 9.17) is 15.8 Å². The fourth-order valence-electron chi connectivity index (χ4n) is 1.56. The summed E-state index contributed by atoms with van der Waals surface area (Å²) in [6.45, 7) is 0. The van der Waals surface area contributed by atoms with Crippen molar-refractivity contribution in [2.45, 2.75) is 0 Å². The van der Waals surface area contributed by atoms with Gasteiger partial charge >= 0.3 is 0 Å². The van der Waals surface area contributed by atoms with E-state index in [9.17, 15) is 0 Å². The van der Waals surface area contributed by atoms with E-state index in [1.807, 2.05) is 0 Å². The number of aromatic nitrogens is 3. The molecule has 1 aromatic heterocycles. The summed E-state index contributed by atoms with van der Waals surface area (Å²) in [4.78, 5) is 1.40. The van der Waals surface area contributed by atoms with Crippen LogP contribution in [0, 0.1) is 34.0 Å². The third-order valence-electron chi connectivity index (χ3n) is 2.36. The summed E-state index contributed by atoms with van der Waals surface area (Å²) in [7, 11) is 1.68. The molecule has 7 nitrogen and oxygen atoms in total. The van der Waals surface area contributed by atoms with Crippen LogP contribution >= 0.6 is 0 Å². The number of rotatable bonds is 2. The molecular weight excluding hydrogens is 242 g/mol. The number of hydrogen-bond donors (Lipinski definition) is 1. The summed E-state index contributed by atoms with van der Waals surface area (Å²) in [5.41, 5.74) is 1.35. The second kappa shape index (κ2) is 4.87. The van der Waals surface area contributed by atoms with Gasteiger partial charge in [-0.15, -0.1) is 0 Å². The summed E-state index contributed by atoms with van der Waals surface area (Å²) < 4.78 is 0. The maximum Gasteiger partial charge on any atom is 0.163 e. The molecule has 0 saturated carbocycles. The van der Waals surface area contributed by atoms with Crippen molar-refractivity contribution >= 4 is 16.7 Å². The maximum atomic E-state index is 8.98. The lowest BCUT2D eigenvalue weighted by Crippen LogP contribution is -2.01. The quantitative estimate of drug-likeness (QED) is 0.800. The number of nitrogens with one attached hydrogen (secondary N) is 1. The highest BCUT2D eigenvalue weighted by atomic mass is 15.5. The molecule has 1 aromatic carbocycles. The Kier molecular flexibility index (Phi) is 3.10. The Morgan fingerprint density at radius 1 is 1.16 bits per heavy atom. The van der Waals surface area contributed by atoms with E-state index in [0.29, 0.717) is 16.7 Å². The molecule has 1 heterocycles. The van der Waals surface area contributed by atoms with E-state index >= 15 is 0 Å². The molecule has 0 saturated heterocycles. The van der Waals surface area contributed by atoms with Crippen molar-refractivity contribution in [3.05, 3.63) is 29.5 Å². The number of allylic oxidation sites excluding steroid dienone is 2. The number of nitriles is 3. The van der Waals surface area contributed by atoms with Gasteiger partial charge in [-0.1, -0.05) is 6.07 Å². The van der Waals surface area contributed by atoms with Crippen LogP contribution in [0.25, 0.3) is 11.0 Å². The Balaban J connectivity index is 2.54. The molecule has 0 unspecified atom stereocenters. The van der Waals surface area contributed by atoms with Crippen molar-refractivity contribution in [1.29, 1.82) is 15.8 Å². The highest BCUT2D eigenvalue weighted by molar-refractivity contribution is 5.88. The first-order valence-electron chi connectivity index (χ1n) is 5.21. The van der Waals surface area contributed by atoms with Crippen LogP contribution in [0.3, 0.4) is 0 Å². The average Bonchev–Trinajstić information content (AvgIpc) is 2.80. The van der Waals surface area contributed by atoms with Crippen molar-refractivity contribution < 1.29 is 0 Å². The van der Waals surface area contributed by atoms with Gasteiger partial charge in [0.2, 0.25) is 0 Å². The van der Waals surface area contributed by atoms with Gasteiger partial charge in [0.1, 0.15) is 34.9 Å². The van der Waals surface area contributed by atoms with Gasteiger partial charge < -0.3 is 5.32 Å². The molecule has 0 atom stereocenters. The molecule has 0 radical (unpaired) electrons. The zero-order chi connectivity index (χ0) is 13.8. The minimum Gasteiger partial charge on any atom is -0.343 e. The minimum atomic E-state index is -0.275. The van der Waals surface area contributed by atoms with Crippen molar-refractivity contribution in [3.8, 4) is 18.2 Å². The van der Waals surface area contributed by atoms with Crippen molar-refractivity contribution in [3.63, 3.8) is 0 Å². The van der Waals surface area contributed by atoms with Gasteiger partial charge in [-0.3, -0.25) is 0 Å². The molecule has 1 N–H and O–H groups in total. The molecule has 90 valence electrons. The molecule has 2 rings (SSSR count). The van der Waals surface area contributed by atoms with E-state index in [2.05, 4.69) is 15.5 Å². The molecule has 0 aliphatic carbocycles.